The van der Waals surface area contributed by atoms with E-state index in [-0.39, 0.29) is 11.9 Å². The Balaban J connectivity index is 1.43. The molecule has 0 fully saturated rings. The smallest absolute Gasteiger partial charge is 0.251 e. The van der Waals surface area contributed by atoms with Crippen LogP contribution in [0, 0.1) is 13.8 Å². The molecule has 3 aromatic carbocycles. The van der Waals surface area contributed by atoms with Crippen LogP contribution in [-0.2, 0) is 9.59 Å². The van der Waals surface area contributed by atoms with E-state index in [4.69, 9.17) is 4.98 Å². The maximum atomic E-state index is 13.2. The molecule has 2 atom stereocenters. The van der Waals surface area contributed by atoms with Gasteiger partial charge in [-0.15, -0.1) is 11.8 Å². The predicted octanol–water partition coefficient (Wildman–Crippen LogP) is 6.86. The number of carbonyl (C=O) groups excluding carboxylic acids is 2. The van der Waals surface area contributed by atoms with Gasteiger partial charge in [-0.3, -0.25) is 14.6 Å². The third-order valence-electron chi connectivity index (χ3n) is 7.07. The Bertz CT molecular complexity index is 1660. The number of aromatic nitrogens is 3. The highest BCUT2D eigenvalue weighted by Gasteiger charge is 2.22. The number of thioether (sulfide) groups is 1. The van der Waals surface area contributed by atoms with Gasteiger partial charge in [0.1, 0.15) is 11.7 Å². The summed E-state index contributed by atoms with van der Waals surface area (Å²) in [6, 6.07) is 25.3. The quantitative estimate of drug-likeness (QED) is 0.143. The molecule has 5 aromatic rings. The highest BCUT2D eigenvalue weighted by molar-refractivity contribution is 7.99. The fourth-order valence-corrected chi connectivity index (χ4v) is 5.56. The molecule has 0 bridgehead atoms. The van der Waals surface area contributed by atoms with Crippen molar-refractivity contribution in [2.45, 2.75) is 44.7 Å². The summed E-state index contributed by atoms with van der Waals surface area (Å²) < 4.78 is 2.22. The van der Waals surface area contributed by atoms with E-state index in [9.17, 15) is 9.59 Å². The molecule has 5 rings (SSSR count). The summed E-state index contributed by atoms with van der Waals surface area (Å²) in [5, 5.41) is 5.52. The fraction of sp³-hybridized carbons (Fsp3) is 0.212. The normalized spacial score (nSPS) is 12.6. The van der Waals surface area contributed by atoms with Gasteiger partial charge in [-0.25, -0.2) is 4.98 Å². The number of carbonyl (C=O) groups is 2. The lowest BCUT2D eigenvalue weighted by atomic mass is 10.1. The van der Waals surface area contributed by atoms with Crippen molar-refractivity contribution in [3.63, 3.8) is 0 Å². The van der Waals surface area contributed by atoms with Crippen LogP contribution in [0.1, 0.15) is 48.2 Å². The summed E-state index contributed by atoms with van der Waals surface area (Å²) in [7, 11) is 0. The third-order valence-corrected chi connectivity index (χ3v) is 7.97. The molecule has 2 amide bonds. The van der Waals surface area contributed by atoms with Gasteiger partial charge in [-0.1, -0.05) is 55.0 Å². The van der Waals surface area contributed by atoms with Crippen LogP contribution >= 0.6 is 11.8 Å². The van der Waals surface area contributed by atoms with Crippen molar-refractivity contribution in [2.24, 2.45) is 0 Å². The summed E-state index contributed by atoms with van der Waals surface area (Å²) in [5.74, 6) is 1.36. The minimum absolute atomic E-state index is 0.0240. The molecule has 7 nitrogen and oxygen atoms in total. The van der Waals surface area contributed by atoms with Gasteiger partial charge in [0.15, 0.2) is 5.82 Å². The van der Waals surface area contributed by atoms with E-state index < -0.39 is 6.04 Å². The van der Waals surface area contributed by atoms with Crippen LogP contribution in [0.3, 0.4) is 0 Å². The second-order valence-corrected chi connectivity index (χ2v) is 11.4. The van der Waals surface area contributed by atoms with Crippen molar-refractivity contribution in [3.8, 4) is 11.5 Å². The molecule has 0 saturated heterocycles. The van der Waals surface area contributed by atoms with Gasteiger partial charge in [0.05, 0.1) is 29.0 Å². The van der Waals surface area contributed by atoms with E-state index in [2.05, 4.69) is 84.3 Å². The second-order valence-electron chi connectivity index (χ2n) is 10.0. The standard InChI is InChI=1S/C33H33N5O2S/c1-5-41-27-14-11-25(12-15-27)31(35-20-39)33(40)36-26-13-17-29(34-19-26)32-37-28-16-8-22(3)18-30(28)38(32)23(4)24-9-6-21(2)7-10-24/h6-20,23,31H,5H2,1-4H3,(H,35,39)(H,36,40). The zero-order valence-electron chi connectivity index (χ0n) is 23.6. The van der Waals surface area contributed by atoms with Crippen molar-refractivity contribution < 1.29 is 9.59 Å². The van der Waals surface area contributed by atoms with Gasteiger partial charge >= 0.3 is 0 Å². The van der Waals surface area contributed by atoms with Crippen molar-refractivity contribution in [1.82, 2.24) is 19.9 Å². The molecule has 41 heavy (non-hydrogen) atoms. The van der Waals surface area contributed by atoms with E-state index in [0.29, 0.717) is 23.4 Å². The molecule has 0 saturated carbocycles. The number of hydrogen-bond donors (Lipinski definition) is 2. The van der Waals surface area contributed by atoms with E-state index in [1.165, 1.54) is 11.1 Å². The minimum Gasteiger partial charge on any atom is -0.343 e. The Morgan fingerprint density at radius 3 is 2.32 bits per heavy atom. The maximum Gasteiger partial charge on any atom is 0.251 e. The van der Waals surface area contributed by atoms with E-state index >= 15 is 0 Å². The lowest BCUT2D eigenvalue weighted by Crippen LogP contribution is -2.32. The zero-order chi connectivity index (χ0) is 28.9. The van der Waals surface area contributed by atoms with E-state index in [0.717, 1.165) is 33.1 Å². The average Bonchev–Trinajstić information content (AvgIpc) is 3.35. The highest BCUT2D eigenvalue weighted by Crippen LogP contribution is 2.32. The fourth-order valence-electron chi connectivity index (χ4n) is 4.90. The first kappa shape index (κ1) is 28.1. The van der Waals surface area contributed by atoms with Gasteiger partial charge in [0.2, 0.25) is 6.41 Å². The Morgan fingerprint density at radius 2 is 1.66 bits per heavy atom. The predicted molar refractivity (Wildman–Crippen MR) is 166 cm³/mol. The summed E-state index contributed by atoms with van der Waals surface area (Å²) >= 11 is 1.72. The number of nitrogens with zero attached hydrogens (tertiary/aromatic N) is 3. The largest absolute Gasteiger partial charge is 0.343 e. The first-order chi connectivity index (χ1) is 19.9. The average molecular weight is 564 g/mol. The zero-order valence-corrected chi connectivity index (χ0v) is 24.4. The number of fused-ring (bicyclic) bond motifs is 1. The Morgan fingerprint density at radius 1 is 0.951 bits per heavy atom. The van der Waals surface area contributed by atoms with E-state index in [1.807, 2.05) is 42.5 Å². The minimum atomic E-state index is -0.823. The molecule has 208 valence electrons. The number of anilines is 1. The Hall–Kier alpha value is -4.43. The molecule has 0 aliphatic rings. The van der Waals surface area contributed by atoms with Crippen LogP contribution in [0.2, 0.25) is 0 Å². The molecular weight excluding hydrogens is 530 g/mol. The number of imidazole rings is 1. The van der Waals surface area contributed by atoms with Crippen molar-refractivity contribution in [1.29, 1.82) is 0 Å². The molecule has 8 heteroatoms. The monoisotopic (exact) mass is 563 g/mol. The third kappa shape index (κ3) is 6.18. The SMILES string of the molecule is CCSc1ccc(C(NC=O)C(=O)Nc2ccc(-c3nc4ccc(C)cc4n3C(C)c3ccc(C)cc3)nc2)cc1. The van der Waals surface area contributed by atoms with Crippen LogP contribution in [0.5, 0.6) is 0 Å². The molecule has 0 aliphatic carbocycles. The van der Waals surface area contributed by atoms with Gasteiger partial charge in [0.25, 0.3) is 5.91 Å². The first-order valence-electron chi connectivity index (χ1n) is 13.6. The Labute approximate surface area is 244 Å². The number of rotatable bonds is 10. The molecule has 0 radical (unpaired) electrons. The summed E-state index contributed by atoms with van der Waals surface area (Å²) in [5.41, 5.74) is 7.41. The second kappa shape index (κ2) is 12.4. The lowest BCUT2D eigenvalue weighted by molar-refractivity contribution is -0.121. The van der Waals surface area contributed by atoms with Gasteiger partial charge in [0, 0.05) is 4.90 Å². The molecule has 0 aliphatic heterocycles. The summed E-state index contributed by atoms with van der Waals surface area (Å²) in [4.78, 5) is 35.2. The van der Waals surface area contributed by atoms with Gasteiger partial charge < -0.3 is 15.2 Å². The maximum absolute atomic E-state index is 13.2. The number of benzene rings is 3. The number of amides is 2. The molecule has 2 N–H and O–H groups in total. The molecule has 2 aromatic heterocycles. The van der Waals surface area contributed by atoms with E-state index in [1.54, 1.807) is 18.0 Å². The molecule has 2 unspecified atom stereocenters. The van der Waals surface area contributed by atoms with Gasteiger partial charge in [-0.05, 0) is 79.6 Å². The van der Waals surface area contributed by atoms with Crippen LogP contribution in [0.25, 0.3) is 22.6 Å². The van der Waals surface area contributed by atoms with Crippen LogP contribution in [0.4, 0.5) is 5.69 Å². The molecule has 2 heterocycles. The van der Waals surface area contributed by atoms with Crippen molar-refractivity contribution in [2.75, 3.05) is 11.1 Å². The van der Waals surface area contributed by atoms with Crippen molar-refractivity contribution in [3.05, 3.63) is 107 Å². The van der Waals surface area contributed by atoms with Crippen LogP contribution in [0.15, 0.2) is 90.0 Å². The first-order valence-corrected chi connectivity index (χ1v) is 14.6. The number of aryl methyl sites for hydroxylation is 2. The van der Waals surface area contributed by atoms with Gasteiger partial charge in [-0.2, -0.15) is 0 Å². The molecule has 0 spiro atoms. The van der Waals surface area contributed by atoms with Crippen molar-refractivity contribution >= 4 is 40.8 Å². The van der Waals surface area contributed by atoms with Crippen LogP contribution < -0.4 is 10.6 Å². The number of nitrogens with one attached hydrogen (secondary N) is 2. The summed E-state index contributed by atoms with van der Waals surface area (Å²) in [6.07, 6.45) is 2.17. The van der Waals surface area contributed by atoms with Crippen LogP contribution in [-0.4, -0.2) is 32.6 Å². The topological polar surface area (TPSA) is 88.9 Å². The molecular formula is C33H33N5O2S. The highest BCUT2D eigenvalue weighted by atomic mass is 32.2. The lowest BCUT2D eigenvalue weighted by Gasteiger charge is -2.19. The number of pyridine rings is 1. The summed E-state index contributed by atoms with van der Waals surface area (Å²) in [6.45, 7) is 8.41. The Kier molecular flexibility index (Phi) is 8.50. The number of hydrogen-bond acceptors (Lipinski definition) is 5.